The van der Waals surface area contributed by atoms with Gasteiger partial charge in [0.15, 0.2) is 5.13 Å². The first-order valence-electron chi connectivity index (χ1n) is 10.9. The number of piperazine rings is 1. The lowest BCUT2D eigenvalue weighted by molar-refractivity contribution is -0.142. The molecule has 1 aliphatic carbocycles. The molecule has 1 atom stereocenters. The molecule has 32 heavy (non-hydrogen) atoms. The molecule has 4 rings (SSSR count). The first-order chi connectivity index (χ1) is 15.4. The standard InChI is InChI=1S/C20H28N6O4S2/c1-14-17(12-22-24-14)32(29,30)25-8-9-26(18(27)13-25)16(11-15-5-3-2-4-6-15)19(28)23-20-21-7-10-31-20/h7,10,12,15-16H,2-6,8-9,11,13H2,1H3,(H,22,24)(H,21,23,28)/t16-/m0/s1. The van der Waals surface area contributed by atoms with Crippen molar-refractivity contribution in [2.75, 3.05) is 25.0 Å². The fourth-order valence-corrected chi connectivity index (χ4v) is 6.56. The van der Waals surface area contributed by atoms with Crippen LogP contribution in [0.25, 0.3) is 0 Å². The first kappa shape index (κ1) is 22.9. The van der Waals surface area contributed by atoms with E-state index in [0.717, 1.165) is 25.7 Å². The summed E-state index contributed by atoms with van der Waals surface area (Å²) in [5, 5.41) is 11.5. The van der Waals surface area contributed by atoms with Gasteiger partial charge in [-0.15, -0.1) is 11.3 Å². The van der Waals surface area contributed by atoms with Gasteiger partial charge < -0.3 is 10.2 Å². The molecule has 2 aromatic heterocycles. The lowest BCUT2D eigenvalue weighted by Gasteiger charge is -2.39. The van der Waals surface area contributed by atoms with Crippen molar-refractivity contribution in [3.8, 4) is 0 Å². The predicted molar refractivity (Wildman–Crippen MR) is 120 cm³/mol. The van der Waals surface area contributed by atoms with Crippen LogP contribution >= 0.6 is 11.3 Å². The van der Waals surface area contributed by atoms with Gasteiger partial charge in [0.25, 0.3) is 0 Å². The van der Waals surface area contributed by atoms with Gasteiger partial charge in [-0.2, -0.15) is 9.40 Å². The number of hydrogen-bond donors (Lipinski definition) is 2. The molecule has 1 saturated heterocycles. The van der Waals surface area contributed by atoms with Crippen LogP contribution in [0.1, 0.15) is 44.2 Å². The Morgan fingerprint density at radius 3 is 2.72 bits per heavy atom. The molecule has 1 aliphatic heterocycles. The average molecular weight is 481 g/mol. The molecular weight excluding hydrogens is 452 g/mol. The van der Waals surface area contributed by atoms with E-state index in [9.17, 15) is 18.0 Å². The number of hydrogen-bond acceptors (Lipinski definition) is 7. The van der Waals surface area contributed by atoms with Crippen LogP contribution in [0.3, 0.4) is 0 Å². The zero-order chi connectivity index (χ0) is 22.7. The van der Waals surface area contributed by atoms with Crippen LogP contribution in [0.15, 0.2) is 22.7 Å². The van der Waals surface area contributed by atoms with Gasteiger partial charge >= 0.3 is 0 Å². The summed E-state index contributed by atoms with van der Waals surface area (Å²) in [5.74, 6) is -0.254. The highest BCUT2D eigenvalue weighted by Gasteiger charge is 2.39. The van der Waals surface area contributed by atoms with E-state index in [1.807, 2.05) is 0 Å². The summed E-state index contributed by atoms with van der Waals surface area (Å²) in [4.78, 5) is 32.0. The molecule has 2 aliphatic rings. The van der Waals surface area contributed by atoms with Gasteiger partial charge in [-0.1, -0.05) is 32.1 Å². The molecule has 0 bridgehead atoms. The lowest BCUT2D eigenvalue weighted by atomic mass is 9.84. The third-order valence-corrected chi connectivity index (χ3v) is 8.89. The average Bonchev–Trinajstić information content (AvgIpc) is 3.45. The molecule has 2 amide bonds. The minimum atomic E-state index is -3.84. The van der Waals surface area contributed by atoms with E-state index in [1.54, 1.807) is 23.4 Å². The molecule has 0 unspecified atom stereocenters. The Balaban J connectivity index is 1.50. The maximum Gasteiger partial charge on any atom is 0.248 e. The topological polar surface area (TPSA) is 128 Å². The molecule has 174 valence electrons. The lowest BCUT2D eigenvalue weighted by Crippen LogP contribution is -2.58. The number of anilines is 1. The first-order valence-corrected chi connectivity index (χ1v) is 13.2. The van der Waals surface area contributed by atoms with Gasteiger partial charge in [0.2, 0.25) is 21.8 Å². The van der Waals surface area contributed by atoms with Crippen molar-refractivity contribution >= 4 is 38.3 Å². The summed E-state index contributed by atoms with van der Waals surface area (Å²) < 4.78 is 27.1. The van der Waals surface area contributed by atoms with Crippen molar-refractivity contribution in [3.63, 3.8) is 0 Å². The normalized spacial score (nSPS) is 19.8. The number of nitrogens with one attached hydrogen (secondary N) is 2. The largest absolute Gasteiger partial charge is 0.328 e. The molecule has 2 fully saturated rings. The molecule has 0 aromatic carbocycles. The van der Waals surface area contributed by atoms with Gasteiger partial charge in [-0.3, -0.25) is 14.7 Å². The van der Waals surface area contributed by atoms with Crippen LogP contribution in [0.5, 0.6) is 0 Å². The third-order valence-electron chi connectivity index (χ3n) is 6.25. The van der Waals surface area contributed by atoms with Crippen LogP contribution in [0.2, 0.25) is 0 Å². The number of carbonyl (C=O) groups is 2. The summed E-state index contributed by atoms with van der Waals surface area (Å²) in [6.45, 7) is 1.63. The highest BCUT2D eigenvalue weighted by molar-refractivity contribution is 7.89. The number of aromatic amines is 1. The molecule has 0 spiro atoms. The number of sulfonamides is 1. The number of amides is 2. The maximum absolute atomic E-state index is 13.2. The van der Waals surface area contributed by atoms with E-state index in [1.165, 1.54) is 28.3 Å². The minimum absolute atomic E-state index is 0.0685. The van der Waals surface area contributed by atoms with Crippen LogP contribution < -0.4 is 5.32 Å². The quantitative estimate of drug-likeness (QED) is 0.624. The fraction of sp³-hybridized carbons (Fsp3) is 0.600. The fourth-order valence-electron chi connectivity index (χ4n) is 4.53. The van der Waals surface area contributed by atoms with E-state index < -0.39 is 16.1 Å². The molecule has 3 heterocycles. The number of rotatable bonds is 7. The van der Waals surface area contributed by atoms with E-state index in [2.05, 4.69) is 20.5 Å². The predicted octanol–water partition coefficient (Wildman–Crippen LogP) is 1.99. The van der Waals surface area contributed by atoms with Crippen molar-refractivity contribution in [1.29, 1.82) is 0 Å². The van der Waals surface area contributed by atoms with Crippen LogP contribution in [-0.2, 0) is 19.6 Å². The van der Waals surface area contributed by atoms with Crippen molar-refractivity contribution in [2.45, 2.75) is 56.4 Å². The molecule has 2 aromatic rings. The highest BCUT2D eigenvalue weighted by atomic mass is 32.2. The summed E-state index contributed by atoms with van der Waals surface area (Å²) in [6.07, 6.45) is 9.02. The SMILES string of the molecule is Cc1[nH]ncc1S(=O)(=O)N1CCN([C@@H](CC2CCCCC2)C(=O)Nc2nccs2)C(=O)C1. The molecule has 2 N–H and O–H groups in total. The Kier molecular flexibility index (Phi) is 6.91. The van der Waals surface area contributed by atoms with Crippen molar-refractivity contribution in [3.05, 3.63) is 23.5 Å². The van der Waals surface area contributed by atoms with Crippen molar-refractivity contribution in [2.24, 2.45) is 5.92 Å². The summed E-state index contributed by atoms with van der Waals surface area (Å²) in [7, 11) is -3.84. The second kappa shape index (κ2) is 9.67. The number of carbonyl (C=O) groups excluding carboxylic acids is 2. The highest BCUT2D eigenvalue weighted by Crippen LogP contribution is 2.30. The summed E-state index contributed by atoms with van der Waals surface area (Å²) >= 11 is 1.32. The van der Waals surface area contributed by atoms with Gasteiger partial charge in [-0.25, -0.2) is 13.4 Å². The van der Waals surface area contributed by atoms with Crippen LogP contribution in [-0.4, -0.2) is 70.3 Å². The molecule has 1 saturated carbocycles. The van der Waals surface area contributed by atoms with Crippen LogP contribution in [0.4, 0.5) is 5.13 Å². The zero-order valence-corrected chi connectivity index (χ0v) is 19.6. The number of nitrogens with zero attached hydrogens (tertiary/aromatic N) is 4. The third kappa shape index (κ3) is 4.86. The monoisotopic (exact) mass is 480 g/mol. The van der Waals surface area contributed by atoms with E-state index >= 15 is 0 Å². The van der Waals surface area contributed by atoms with E-state index in [-0.39, 0.29) is 36.3 Å². The number of aryl methyl sites for hydroxylation is 1. The van der Waals surface area contributed by atoms with Gasteiger partial charge in [0.05, 0.1) is 18.4 Å². The van der Waals surface area contributed by atoms with E-state index in [4.69, 9.17) is 0 Å². The van der Waals surface area contributed by atoms with Gasteiger partial charge in [-0.05, 0) is 19.3 Å². The maximum atomic E-state index is 13.2. The van der Waals surface area contributed by atoms with Gasteiger partial charge in [0.1, 0.15) is 10.9 Å². The number of aromatic nitrogens is 3. The zero-order valence-electron chi connectivity index (χ0n) is 18.0. The Morgan fingerprint density at radius 2 is 2.09 bits per heavy atom. The van der Waals surface area contributed by atoms with Crippen LogP contribution in [0, 0.1) is 12.8 Å². The Morgan fingerprint density at radius 1 is 1.31 bits per heavy atom. The van der Waals surface area contributed by atoms with Crippen molar-refractivity contribution < 1.29 is 18.0 Å². The summed E-state index contributed by atoms with van der Waals surface area (Å²) in [6, 6.07) is -0.644. The second-order valence-electron chi connectivity index (χ2n) is 8.37. The molecule has 0 radical (unpaired) electrons. The molecular formula is C20H28N6O4S2. The molecule has 10 nitrogen and oxygen atoms in total. The van der Waals surface area contributed by atoms with Gasteiger partial charge in [0, 0.05) is 24.7 Å². The Labute approximate surface area is 191 Å². The Bertz CT molecular complexity index is 1050. The minimum Gasteiger partial charge on any atom is -0.328 e. The molecule has 12 heteroatoms. The summed E-state index contributed by atoms with van der Waals surface area (Å²) in [5.41, 5.74) is 0.429. The second-order valence-corrected chi connectivity index (χ2v) is 11.2. The van der Waals surface area contributed by atoms with Crippen molar-refractivity contribution in [1.82, 2.24) is 24.4 Å². The van der Waals surface area contributed by atoms with E-state index in [0.29, 0.717) is 23.2 Å². The number of H-pyrrole nitrogens is 1. The Hall–Kier alpha value is -2.31. The number of thiazole rings is 1. The smallest absolute Gasteiger partial charge is 0.248 e.